The Morgan fingerprint density at radius 1 is 1.31 bits per heavy atom. The molecule has 6 heteroatoms. The van der Waals surface area contributed by atoms with Crippen LogP contribution in [-0.2, 0) is 4.79 Å². The maximum Gasteiger partial charge on any atom is 0.239 e. The minimum absolute atomic E-state index is 0. The topological polar surface area (TPSA) is 67.6 Å². The van der Waals surface area contributed by atoms with E-state index in [4.69, 9.17) is 10.5 Å². The highest BCUT2D eigenvalue weighted by molar-refractivity contribution is 5.85. The van der Waals surface area contributed by atoms with Gasteiger partial charge in [0.2, 0.25) is 5.91 Å². The number of nitrogens with one attached hydrogen (secondary N) is 1. The van der Waals surface area contributed by atoms with E-state index in [-0.39, 0.29) is 24.4 Å². The molecule has 0 radical (unpaired) electrons. The van der Waals surface area contributed by atoms with Gasteiger partial charge in [-0.2, -0.15) is 0 Å². The second-order valence-electron chi connectivity index (χ2n) is 7.23. The molecule has 1 aromatic carbocycles. The van der Waals surface area contributed by atoms with Crippen LogP contribution in [0.5, 0.6) is 5.75 Å². The van der Waals surface area contributed by atoms with Gasteiger partial charge in [0.25, 0.3) is 0 Å². The minimum Gasteiger partial charge on any atom is -0.496 e. The van der Waals surface area contributed by atoms with E-state index in [9.17, 15) is 4.79 Å². The van der Waals surface area contributed by atoms with Gasteiger partial charge in [-0.05, 0) is 45.3 Å². The first-order chi connectivity index (χ1) is 12.0. The number of amides is 1. The second kappa shape index (κ2) is 10.8. The number of halogens is 1. The Hall–Kier alpha value is -1.30. The fourth-order valence-corrected chi connectivity index (χ4v) is 3.63. The van der Waals surface area contributed by atoms with Crippen LogP contribution < -0.4 is 15.8 Å². The molecule has 0 aromatic heterocycles. The molecule has 3 N–H and O–H groups in total. The lowest BCUT2D eigenvalue weighted by Crippen LogP contribution is -2.53. The van der Waals surface area contributed by atoms with Gasteiger partial charge in [0.05, 0.1) is 18.7 Å². The number of nitrogens with two attached hydrogens (primary N) is 1. The number of methoxy groups -OCH3 is 1. The van der Waals surface area contributed by atoms with Gasteiger partial charge in [-0.25, -0.2) is 0 Å². The van der Waals surface area contributed by atoms with E-state index in [0.717, 1.165) is 30.8 Å². The van der Waals surface area contributed by atoms with Crippen molar-refractivity contribution in [3.8, 4) is 5.75 Å². The van der Waals surface area contributed by atoms with Crippen LogP contribution in [0, 0.1) is 0 Å². The Labute approximate surface area is 164 Å². The highest BCUT2D eigenvalue weighted by Gasteiger charge is 2.30. The number of para-hydroxylation sites is 1. The van der Waals surface area contributed by atoms with E-state index in [2.05, 4.69) is 16.3 Å². The van der Waals surface area contributed by atoms with E-state index < -0.39 is 5.54 Å². The first-order valence-electron chi connectivity index (χ1n) is 9.43. The monoisotopic (exact) mass is 383 g/mol. The Bertz CT molecular complexity index is 560. The number of piperidine rings is 1. The number of hydrogen-bond donors (Lipinski definition) is 2. The third-order valence-electron chi connectivity index (χ3n) is 5.07. The predicted octanol–water partition coefficient (Wildman–Crippen LogP) is 3.28. The molecule has 2 rings (SSSR count). The molecule has 5 nitrogen and oxygen atoms in total. The summed E-state index contributed by atoms with van der Waals surface area (Å²) in [6.07, 6.45) is 5.25. The molecular formula is C20H34ClN3O2. The first-order valence-corrected chi connectivity index (χ1v) is 9.43. The Balaban J connectivity index is 0.00000338. The van der Waals surface area contributed by atoms with Gasteiger partial charge < -0.3 is 15.8 Å². The Morgan fingerprint density at radius 2 is 1.96 bits per heavy atom. The summed E-state index contributed by atoms with van der Waals surface area (Å²) in [6.45, 7) is 6.51. The van der Waals surface area contributed by atoms with Crippen molar-refractivity contribution in [3.05, 3.63) is 29.8 Å². The van der Waals surface area contributed by atoms with Crippen molar-refractivity contribution < 1.29 is 9.53 Å². The lowest BCUT2D eigenvalue weighted by Gasteiger charge is -2.36. The molecule has 0 spiro atoms. The quantitative estimate of drug-likeness (QED) is 0.722. The van der Waals surface area contributed by atoms with Crippen LogP contribution in [-0.4, -0.2) is 43.1 Å². The first kappa shape index (κ1) is 22.7. The van der Waals surface area contributed by atoms with Crippen LogP contribution in [0.1, 0.15) is 57.6 Å². The molecule has 1 amide bonds. The number of nitrogens with zero attached hydrogens (tertiary/aromatic N) is 1. The Kier molecular flexibility index (Phi) is 9.41. The fourth-order valence-electron chi connectivity index (χ4n) is 3.63. The molecule has 1 aromatic rings. The van der Waals surface area contributed by atoms with E-state index >= 15 is 0 Å². The molecule has 1 heterocycles. The summed E-state index contributed by atoms with van der Waals surface area (Å²) in [5, 5.41) is 3.09. The molecule has 1 fully saturated rings. The van der Waals surface area contributed by atoms with E-state index in [1.54, 1.807) is 7.11 Å². The molecule has 1 saturated heterocycles. The van der Waals surface area contributed by atoms with Crippen molar-refractivity contribution in [2.24, 2.45) is 5.73 Å². The normalized spacial score (nSPS) is 18.3. The fraction of sp³-hybridized carbons (Fsp3) is 0.650. The van der Waals surface area contributed by atoms with Gasteiger partial charge in [-0.15, -0.1) is 12.4 Å². The van der Waals surface area contributed by atoms with Gasteiger partial charge in [0, 0.05) is 12.1 Å². The number of rotatable bonds is 8. The number of likely N-dealkylation sites (tertiary alicyclic amines) is 1. The average Bonchev–Trinajstić information content (AvgIpc) is 2.63. The third-order valence-corrected chi connectivity index (χ3v) is 5.07. The number of hydrogen-bond acceptors (Lipinski definition) is 4. The number of ether oxygens (including phenoxy) is 1. The van der Waals surface area contributed by atoms with Crippen molar-refractivity contribution in [1.82, 2.24) is 10.2 Å². The molecule has 0 aliphatic carbocycles. The van der Waals surface area contributed by atoms with Crippen molar-refractivity contribution in [2.45, 2.75) is 57.5 Å². The summed E-state index contributed by atoms with van der Waals surface area (Å²) in [4.78, 5) is 15.0. The highest BCUT2D eigenvalue weighted by atomic mass is 35.5. The maximum absolute atomic E-state index is 12.5. The zero-order chi connectivity index (χ0) is 18.3. The zero-order valence-electron chi connectivity index (χ0n) is 16.3. The molecule has 1 aliphatic heterocycles. The molecule has 2 atom stereocenters. The second-order valence-corrected chi connectivity index (χ2v) is 7.23. The van der Waals surface area contributed by atoms with Crippen LogP contribution >= 0.6 is 12.4 Å². The molecular weight excluding hydrogens is 350 g/mol. The number of carbonyl (C=O) groups is 1. The lowest BCUT2D eigenvalue weighted by atomic mass is 9.95. The molecule has 26 heavy (non-hydrogen) atoms. The van der Waals surface area contributed by atoms with Crippen LogP contribution in [0.4, 0.5) is 0 Å². The minimum atomic E-state index is -0.817. The van der Waals surface area contributed by atoms with Crippen LogP contribution in [0.2, 0.25) is 0 Å². The molecule has 2 unspecified atom stereocenters. The molecule has 0 saturated carbocycles. The summed E-state index contributed by atoms with van der Waals surface area (Å²) in [6, 6.07) is 8.20. The molecule has 1 aliphatic rings. The molecule has 0 bridgehead atoms. The van der Waals surface area contributed by atoms with Crippen molar-refractivity contribution in [1.29, 1.82) is 0 Å². The standard InChI is InChI=1S/C20H33N3O2.ClH/c1-4-12-20(2,21)19(24)22-15-17(23-13-8-5-9-14-23)16-10-6-7-11-18(16)25-3;/h6-7,10-11,17H,4-5,8-9,12-15,21H2,1-3H3,(H,22,24);1H. The summed E-state index contributed by atoms with van der Waals surface area (Å²) >= 11 is 0. The number of benzene rings is 1. The zero-order valence-corrected chi connectivity index (χ0v) is 17.1. The summed E-state index contributed by atoms with van der Waals surface area (Å²) < 4.78 is 5.57. The van der Waals surface area contributed by atoms with Crippen molar-refractivity contribution in [3.63, 3.8) is 0 Å². The van der Waals surface area contributed by atoms with Gasteiger partial charge in [0.15, 0.2) is 0 Å². The lowest BCUT2D eigenvalue weighted by molar-refractivity contribution is -0.126. The van der Waals surface area contributed by atoms with E-state index in [0.29, 0.717) is 13.0 Å². The summed E-state index contributed by atoms with van der Waals surface area (Å²) in [5.41, 5.74) is 6.49. The summed E-state index contributed by atoms with van der Waals surface area (Å²) in [5.74, 6) is 0.794. The SMILES string of the molecule is CCCC(C)(N)C(=O)NCC(c1ccccc1OC)N1CCCCC1.Cl. The predicted molar refractivity (Wildman–Crippen MR) is 109 cm³/mol. The van der Waals surface area contributed by atoms with Gasteiger partial charge in [0.1, 0.15) is 5.75 Å². The average molecular weight is 384 g/mol. The third kappa shape index (κ3) is 5.86. The van der Waals surface area contributed by atoms with Crippen LogP contribution in [0.15, 0.2) is 24.3 Å². The highest BCUT2D eigenvalue weighted by Crippen LogP contribution is 2.31. The van der Waals surface area contributed by atoms with E-state index in [1.807, 2.05) is 32.0 Å². The smallest absolute Gasteiger partial charge is 0.239 e. The summed E-state index contributed by atoms with van der Waals surface area (Å²) in [7, 11) is 1.70. The van der Waals surface area contributed by atoms with Gasteiger partial charge >= 0.3 is 0 Å². The van der Waals surface area contributed by atoms with Crippen LogP contribution in [0.25, 0.3) is 0 Å². The van der Waals surface area contributed by atoms with Gasteiger partial charge in [-0.3, -0.25) is 9.69 Å². The van der Waals surface area contributed by atoms with Crippen LogP contribution in [0.3, 0.4) is 0 Å². The van der Waals surface area contributed by atoms with Crippen molar-refractivity contribution in [2.75, 3.05) is 26.7 Å². The number of carbonyl (C=O) groups excluding carboxylic acids is 1. The maximum atomic E-state index is 12.5. The van der Waals surface area contributed by atoms with Crippen molar-refractivity contribution >= 4 is 18.3 Å². The van der Waals surface area contributed by atoms with E-state index in [1.165, 1.54) is 19.3 Å². The Morgan fingerprint density at radius 3 is 2.58 bits per heavy atom. The largest absolute Gasteiger partial charge is 0.496 e. The molecule has 148 valence electrons. The van der Waals surface area contributed by atoms with Gasteiger partial charge in [-0.1, -0.05) is 38.0 Å².